The van der Waals surface area contributed by atoms with Gasteiger partial charge in [-0.2, -0.15) is 0 Å². The first-order chi connectivity index (χ1) is 43.1. The molecule has 90 heavy (non-hydrogen) atoms. The molecule has 5 atom stereocenters. The molecule has 0 amide bonds. The van der Waals surface area contributed by atoms with Gasteiger partial charge >= 0.3 is 39.5 Å². The Balaban J connectivity index is 5.22. The van der Waals surface area contributed by atoms with Crippen LogP contribution in [0.4, 0.5) is 0 Å². The van der Waals surface area contributed by atoms with Gasteiger partial charge in [-0.3, -0.25) is 37.3 Å². The number of unbranched alkanes of at least 4 members (excludes halogenated alkanes) is 34. The molecule has 0 aromatic rings. The number of phosphoric acid groups is 2. The molecule has 0 radical (unpaired) electrons. The van der Waals surface area contributed by atoms with Crippen LogP contribution >= 0.6 is 15.6 Å². The number of hydrogen-bond donors (Lipinski definition) is 3. The van der Waals surface area contributed by atoms with Gasteiger partial charge in [-0.15, -0.1) is 0 Å². The molecule has 534 valence electrons. The van der Waals surface area contributed by atoms with E-state index in [4.69, 9.17) is 37.0 Å². The Kier molecular flexibility index (Phi) is 59.4. The third kappa shape index (κ3) is 64.8. The molecule has 0 aliphatic rings. The second-order valence-electron chi connectivity index (χ2n) is 27.5. The molecule has 0 fully saturated rings. The maximum absolute atomic E-state index is 13.0. The Bertz CT molecular complexity index is 1780. The standard InChI is InChI=1S/C71H138O17P2/c1-61(2)47-39-31-23-19-15-11-9-10-12-18-22-26-37-45-53-70(75)87-66(57-81-68(73)51-43-35-25-21-17-14-13-16-20-24-32-40-48-62(3)4)59-85-89(77,78)83-55-65(72)56-84-90(79,80)86-60-67(88-71(76)54-46-38-30-28-34-42-50-64(7)8)58-82-69(74)52-44-36-29-27-33-41-49-63(5)6/h61-67,72H,9-60H2,1-8H3,(H,77,78)(H,79,80)/t65-,66-,67-/m1/s1. The van der Waals surface area contributed by atoms with Crippen LogP contribution in [-0.2, 0) is 65.4 Å². The molecule has 19 heteroatoms. The van der Waals surface area contributed by atoms with Crippen LogP contribution in [0.25, 0.3) is 0 Å². The molecular weight excluding hydrogens is 1190 g/mol. The van der Waals surface area contributed by atoms with E-state index >= 15 is 0 Å². The largest absolute Gasteiger partial charge is 0.472 e. The van der Waals surface area contributed by atoms with Gasteiger partial charge in [0.05, 0.1) is 26.4 Å². The maximum atomic E-state index is 13.0. The van der Waals surface area contributed by atoms with Gasteiger partial charge < -0.3 is 33.8 Å². The van der Waals surface area contributed by atoms with Gasteiger partial charge in [0, 0.05) is 25.7 Å². The zero-order valence-electron chi connectivity index (χ0n) is 58.8. The van der Waals surface area contributed by atoms with Gasteiger partial charge in [-0.1, -0.05) is 299 Å². The highest BCUT2D eigenvalue weighted by Crippen LogP contribution is 2.45. The number of phosphoric ester groups is 2. The van der Waals surface area contributed by atoms with Gasteiger partial charge in [0.15, 0.2) is 12.2 Å². The van der Waals surface area contributed by atoms with Crippen molar-refractivity contribution >= 4 is 39.5 Å². The Morgan fingerprint density at radius 1 is 0.278 bits per heavy atom. The lowest BCUT2D eigenvalue weighted by molar-refractivity contribution is -0.161. The van der Waals surface area contributed by atoms with Crippen LogP contribution in [0.15, 0.2) is 0 Å². The predicted octanol–water partition coefficient (Wildman–Crippen LogP) is 20.1. The van der Waals surface area contributed by atoms with Crippen LogP contribution in [-0.4, -0.2) is 96.7 Å². The van der Waals surface area contributed by atoms with Crippen LogP contribution in [0.3, 0.4) is 0 Å². The minimum Gasteiger partial charge on any atom is -0.462 e. The quantitative estimate of drug-likeness (QED) is 0.0222. The van der Waals surface area contributed by atoms with E-state index in [0.717, 1.165) is 108 Å². The first kappa shape index (κ1) is 88.1. The summed E-state index contributed by atoms with van der Waals surface area (Å²) in [5, 5.41) is 10.6. The highest BCUT2D eigenvalue weighted by molar-refractivity contribution is 7.47. The van der Waals surface area contributed by atoms with Crippen LogP contribution in [0.1, 0.15) is 351 Å². The summed E-state index contributed by atoms with van der Waals surface area (Å²) in [6.07, 6.45) is 43.4. The molecule has 0 aromatic heterocycles. The number of carbonyl (C=O) groups excluding carboxylic acids is 4. The van der Waals surface area contributed by atoms with E-state index in [1.807, 2.05) is 0 Å². The van der Waals surface area contributed by atoms with Crippen LogP contribution in [0, 0.1) is 23.7 Å². The summed E-state index contributed by atoms with van der Waals surface area (Å²) in [6, 6.07) is 0. The molecule has 0 aromatic carbocycles. The lowest BCUT2D eigenvalue weighted by atomic mass is 10.0. The summed E-state index contributed by atoms with van der Waals surface area (Å²) in [4.78, 5) is 72.5. The normalized spacial score (nSPS) is 14.3. The average molecular weight is 1330 g/mol. The van der Waals surface area contributed by atoms with Crippen molar-refractivity contribution in [3.63, 3.8) is 0 Å². The van der Waals surface area contributed by atoms with Crippen LogP contribution in [0.5, 0.6) is 0 Å². The summed E-state index contributed by atoms with van der Waals surface area (Å²) in [6.45, 7) is 14.0. The minimum atomic E-state index is -4.95. The summed E-state index contributed by atoms with van der Waals surface area (Å²) in [7, 11) is -9.90. The van der Waals surface area contributed by atoms with E-state index in [2.05, 4.69) is 55.4 Å². The number of carbonyl (C=O) groups is 4. The molecule has 0 heterocycles. The molecule has 17 nitrogen and oxygen atoms in total. The van der Waals surface area contributed by atoms with Crippen molar-refractivity contribution in [1.82, 2.24) is 0 Å². The maximum Gasteiger partial charge on any atom is 0.472 e. The third-order valence-corrected chi connectivity index (χ3v) is 18.2. The van der Waals surface area contributed by atoms with E-state index in [1.54, 1.807) is 0 Å². The topological polar surface area (TPSA) is 237 Å². The first-order valence-corrected chi connectivity index (χ1v) is 39.7. The number of esters is 4. The van der Waals surface area contributed by atoms with Crippen LogP contribution in [0.2, 0.25) is 0 Å². The molecule has 3 N–H and O–H groups in total. The fourth-order valence-corrected chi connectivity index (χ4v) is 12.2. The second-order valence-corrected chi connectivity index (χ2v) is 30.4. The van der Waals surface area contributed by atoms with E-state index in [9.17, 15) is 43.2 Å². The molecule has 0 saturated carbocycles. The van der Waals surface area contributed by atoms with Crippen molar-refractivity contribution in [2.75, 3.05) is 39.6 Å². The minimum absolute atomic E-state index is 0.101. The third-order valence-electron chi connectivity index (χ3n) is 16.3. The van der Waals surface area contributed by atoms with Crippen LogP contribution < -0.4 is 0 Å². The van der Waals surface area contributed by atoms with Gasteiger partial charge in [0.1, 0.15) is 19.3 Å². The fourth-order valence-electron chi connectivity index (χ4n) is 10.7. The van der Waals surface area contributed by atoms with Crippen molar-refractivity contribution < 1.29 is 80.2 Å². The highest BCUT2D eigenvalue weighted by atomic mass is 31.2. The number of hydrogen-bond acceptors (Lipinski definition) is 15. The van der Waals surface area contributed by atoms with E-state index in [0.29, 0.717) is 37.5 Å². The zero-order valence-corrected chi connectivity index (χ0v) is 60.6. The average Bonchev–Trinajstić information content (AvgIpc) is 2.70. The number of aliphatic hydroxyl groups is 1. The van der Waals surface area contributed by atoms with Gasteiger partial charge in [0.25, 0.3) is 0 Å². The molecule has 0 aliphatic carbocycles. The van der Waals surface area contributed by atoms with Crippen molar-refractivity contribution in [3.8, 4) is 0 Å². The molecule has 0 spiro atoms. The smallest absolute Gasteiger partial charge is 0.462 e. The molecule has 0 aliphatic heterocycles. The highest BCUT2D eigenvalue weighted by Gasteiger charge is 2.30. The zero-order chi connectivity index (χ0) is 66.8. The van der Waals surface area contributed by atoms with E-state index < -0.39 is 97.5 Å². The summed E-state index contributed by atoms with van der Waals surface area (Å²) in [5.41, 5.74) is 0. The lowest BCUT2D eigenvalue weighted by Crippen LogP contribution is -2.30. The Morgan fingerprint density at radius 2 is 0.467 bits per heavy atom. The van der Waals surface area contributed by atoms with Crippen molar-refractivity contribution in [2.24, 2.45) is 23.7 Å². The molecule has 2 unspecified atom stereocenters. The summed E-state index contributed by atoms with van der Waals surface area (Å²) in [5.74, 6) is 0.792. The molecule has 0 bridgehead atoms. The second kappa shape index (κ2) is 60.7. The molecule has 0 saturated heterocycles. The van der Waals surface area contributed by atoms with Gasteiger partial charge in [0.2, 0.25) is 0 Å². The fraction of sp³-hybridized carbons (Fsp3) is 0.944. The van der Waals surface area contributed by atoms with Crippen molar-refractivity contribution in [3.05, 3.63) is 0 Å². The Hall–Kier alpha value is -1.94. The Morgan fingerprint density at radius 3 is 0.689 bits per heavy atom. The SMILES string of the molecule is CC(C)CCCCCCCCCCCCCCCCC(=O)O[C@H](COC(=O)CCCCCCCCCCCCCCC(C)C)COP(=O)(O)OC[C@@H](O)COP(=O)(O)OC[C@@H](COC(=O)CCCCCCCCC(C)C)OC(=O)CCCCCCCCC(C)C. The van der Waals surface area contributed by atoms with Crippen molar-refractivity contribution in [2.45, 2.75) is 369 Å². The monoisotopic (exact) mass is 1320 g/mol. The number of ether oxygens (including phenoxy) is 4. The predicted molar refractivity (Wildman–Crippen MR) is 363 cm³/mol. The van der Waals surface area contributed by atoms with Gasteiger partial charge in [-0.25, -0.2) is 9.13 Å². The number of rotatable bonds is 68. The molecular formula is C71H138O17P2. The summed E-state index contributed by atoms with van der Waals surface area (Å²) >= 11 is 0. The number of aliphatic hydroxyl groups excluding tert-OH is 1. The van der Waals surface area contributed by atoms with Gasteiger partial charge in [-0.05, 0) is 49.4 Å². The summed E-state index contributed by atoms with van der Waals surface area (Å²) < 4.78 is 68.2. The lowest BCUT2D eigenvalue weighted by Gasteiger charge is -2.21. The molecule has 0 rings (SSSR count). The Labute approximate surface area is 549 Å². The van der Waals surface area contributed by atoms with E-state index in [-0.39, 0.29) is 25.7 Å². The first-order valence-electron chi connectivity index (χ1n) is 36.7. The van der Waals surface area contributed by atoms with E-state index in [1.165, 1.54) is 148 Å². The van der Waals surface area contributed by atoms with Crippen molar-refractivity contribution in [1.29, 1.82) is 0 Å².